The summed E-state index contributed by atoms with van der Waals surface area (Å²) >= 11 is 8.20. The second-order valence-electron chi connectivity index (χ2n) is 3.95. The van der Waals surface area contributed by atoms with E-state index in [1.54, 1.807) is 0 Å². The first-order valence-corrected chi connectivity index (χ1v) is 7.87. The fourth-order valence-electron chi connectivity index (χ4n) is 1.77. The van der Waals surface area contributed by atoms with Gasteiger partial charge in [-0.05, 0) is 57.7 Å². The van der Waals surface area contributed by atoms with Crippen LogP contribution in [0.4, 0.5) is 0 Å². The van der Waals surface area contributed by atoms with Gasteiger partial charge in [-0.1, -0.05) is 0 Å². The second kappa shape index (κ2) is 5.82. The van der Waals surface area contributed by atoms with Crippen molar-refractivity contribution in [1.82, 2.24) is 5.32 Å². The topological polar surface area (TPSA) is 38.3 Å². The minimum Gasteiger partial charge on any atom is -0.378 e. The molecule has 94 valence electrons. The number of halogens is 2. The molecule has 1 aliphatic rings. The Kier molecular flexibility index (Phi) is 4.63. The molecule has 0 unspecified atom stereocenters. The first-order valence-electron chi connectivity index (χ1n) is 5.47. The molecule has 1 aromatic heterocycles. The van der Waals surface area contributed by atoms with Gasteiger partial charge in [0.05, 0.1) is 14.8 Å². The molecular formula is C11H13Br2NO2S. The van der Waals surface area contributed by atoms with E-state index in [1.807, 2.05) is 13.0 Å². The van der Waals surface area contributed by atoms with Crippen molar-refractivity contribution in [3.8, 4) is 0 Å². The quantitative estimate of drug-likeness (QED) is 0.864. The van der Waals surface area contributed by atoms with E-state index in [0.717, 1.165) is 32.6 Å². The highest BCUT2D eigenvalue weighted by Gasteiger charge is 2.31. The zero-order chi connectivity index (χ0) is 12.4. The second-order valence-corrected chi connectivity index (χ2v) is 7.18. The predicted molar refractivity (Wildman–Crippen MR) is 75.6 cm³/mol. The van der Waals surface area contributed by atoms with Crippen molar-refractivity contribution in [3.05, 3.63) is 19.2 Å². The molecule has 6 heteroatoms. The zero-order valence-corrected chi connectivity index (χ0v) is 13.3. The van der Waals surface area contributed by atoms with Crippen LogP contribution in [-0.4, -0.2) is 24.7 Å². The lowest BCUT2D eigenvalue weighted by molar-refractivity contribution is -0.00858. The van der Waals surface area contributed by atoms with Crippen molar-refractivity contribution in [2.45, 2.75) is 31.9 Å². The molecule has 0 spiro atoms. The van der Waals surface area contributed by atoms with Crippen LogP contribution in [0.5, 0.6) is 0 Å². The highest BCUT2D eigenvalue weighted by molar-refractivity contribution is 9.13. The van der Waals surface area contributed by atoms with Gasteiger partial charge in [-0.3, -0.25) is 4.79 Å². The van der Waals surface area contributed by atoms with Gasteiger partial charge in [0.15, 0.2) is 0 Å². The number of thiophene rings is 1. The maximum Gasteiger partial charge on any atom is 0.261 e. The van der Waals surface area contributed by atoms with Gasteiger partial charge < -0.3 is 10.1 Å². The minimum absolute atomic E-state index is 0.00125. The predicted octanol–water partition coefficient (Wildman–Crippen LogP) is 3.57. The summed E-state index contributed by atoms with van der Waals surface area (Å²) in [5.41, 5.74) is 0. The summed E-state index contributed by atoms with van der Waals surface area (Å²) in [7, 11) is 0. The van der Waals surface area contributed by atoms with Crippen LogP contribution >= 0.6 is 43.2 Å². The van der Waals surface area contributed by atoms with E-state index < -0.39 is 0 Å². The molecule has 0 atom stereocenters. The summed E-state index contributed by atoms with van der Waals surface area (Å²) in [6.45, 7) is 2.74. The fraction of sp³-hybridized carbons (Fsp3) is 0.545. The minimum atomic E-state index is 0.00125. The Morgan fingerprint density at radius 3 is 2.82 bits per heavy atom. The smallest absolute Gasteiger partial charge is 0.261 e. The molecule has 3 nitrogen and oxygen atoms in total. The third-order valence-corrected chi connectivity index (χ3v) is 5.96. The van der Waals surface area contributed by atoms with Gasteiger partial charge in [-0.15, -0.1) is 11.3 Å². The van der Waals surface area contributed by atoms with E-state index in [1.165, 1.54) is 11.3 Å². The van der Waals surface area contributed by atoms with Crippen LogP contribution in [-0.2, 0) is 4.74 Å². The summed E-state index contributed by atoms with van der Waals surface area (Å²) in [6.07, 6.45) is 2.17. The van der Waals surface area contributed by atoms with Crippen molar-refractivity contribution >= 4 is 49.1 Å². The average molecular weight is 383 g/mol. The number of hydrogen-bond donors (Lipinski definition) is 1. The van der Waals surface area contributed by atoms with E-state index in [0.29, 0.717) is 6.10 Å². The van der Waals surface area contributed by atoms with Crippen molar-refractivity contribution in [2.75, 3.05) is 6.61 Å². The number of ether oxygens (including phenoxy) is 1. The normalized spacial score (nSPS) is 23.2. The molecule has 0 aromatic carbocycles. The van der Waals surface area contributed by atoms with Gasteiger partial charge in [-0.25, -0.2) is 0 Å². The summed E-state index contributed by atoms with van der Waals surface area (Å²) in [5.74, 6) is 0.00125. The van der Waals surface area contributed by atoms with Gasteiger partial charge in [0.1, 0.15) is 0 Å². The molecule has 1 aliphatic carbocycles. The van der Waals surface area contributed by atoms with Crippen LogP contribution in [0.25, 0.3) is 0 Å². The van der Waals surface area contributed by atoms with Crippen LogP contribution in [0, 0.1) is 0 Å². The molecule has 1 N–H and O–H groups in total. The monoisotopic (exact) mass is 381 g/mol. The average Bonchev–Trinajstić information content (AvgIpc) is 2.56. The lowest BCUT2D eigenvalue weighted by Crippen LogP contribution is -2.47. The van der Waals surface area contributed by atoms with Gasteiger partial charge in [0.2, 0.25) is 0 Å². The molecule has 17 heavy (non-hydrogen) atoms. The van der Waals surface area contributed by atoms with Crippen LogP contribution in [0.2, 0.25) is 0 Å². The maximum absolute atomic E-state index is 11.9. The lowest BCUT2D eigenvalue weighted by Gasteiger charge is -2.35. The van der Waals surface area contributed by atoms with Crippen molar-refractivity contribution in [2.24, 2.45) is 0 Å². The van der Waals surface area contributed by atoms with Gasteiger partial charge >= 0.3 is 0 Å². The van der Waals surface area contributed by atoms with Gasteiger partial charge in [-0.2, -0.15) is 0 Å². The molecule has 0 aliphatic heterocycles. The van der Waals surface area contributed by atoms with E-state index >= 15 is 0 Å². The molecule has 1 fully saturated rings. The maximum atomic E-state index is 11.9. The molecule has 1 saturated carbocycles. The highest BCUT2D eigenvalue weighted by Crippen LogP contribution is 2.32. The van der Waals surface area contributed by atoms with Crippen molar-refractivity contribution in [3.63, 3.8) is 0 Å². The molecule has 1 heterocycles. The van der Waals surface area contributed by atoms with Crippen LogP contribution in [0.3, 0.4) is 0 Å². The largest absolute Gasteiger partial charge is 0.378 e. The Bertz CT molecular complexity index is 396. The van der Waals surface area contributed by atoms with E-state index in [9.17, 15) is 4.79 Å². The van der Waals surface area contributed by atoms with Gasteiger partial charge in [0, 0.05) is 17.1 Å². The fourth-order valence-corrected chi connectivity index (χ4v) is 3.71. The van der Waals surface area contributed by atoms with E-state index in [-0.39, 0.29) is 11.9 Å². The molecule has 0 bridgehead atoms. The Labute approximate surface area is 121 Å². The third-order valence-electron chi connectivity index (χ3n) is 2.70. The Morgan fingerprint density at radius 2 is 2.29 bits per heavy atom. The summed E-state index contributed by atoms with van der Waals surface area (Å²) in [4.78, 5) is 12.6. The summed E-state index contributed by atoms with van der Waals surface area (Å²) in [6, 6.07) is 2.10. The number of nitrogens with one attached hydrogen (secondary N) is 1. The number of carbonyl (C=O) groups excluding carboxylic acids is 1. The number of amides is 1. The Hall–Kier alpha value is 0.0900. The van der Waals surface area contributed by atoms with Crippen LogP contribution in [0.15, 0.2) is 14.3 Å². The van der Waals surface area contributed by atoms with Gasteiger partial charge in [0.25, 0.3) is 5.91 Å². The first kappa shape index (κ1) is 13.5. The molecule has 1 aromatic rings. The summed E-state index contributed by atoms with van der Waals surface area (Å²) in [5, 5.41) is 3.01. The SMILES string of the molecule is CCOC1CC(NC(=O)c2cc(Br)c(Br)s2)C1. The Balaban J connectivity index is 1.83. The molecule has 2 rings (SSSR count). The molecule has 0 saturated heterocycles. The first-order chi connectivity index (χ1) is 8.10. The molecule has 1 amide bonds. The standard InChI is InChI=1S/C11H13Br2NO2S/c1-2-16-7-3-6(4-7)14-11(15)9-5-8(12)10(13)17-9/h5-7H,2-4H2,1H3,(H,14,15). The lowest BCUT2D eigenvalue weighted by atomic mass is 9.89. The van der Waals surface area contributed by atoms with E-state index in [2.05, 4.69) is 37.2 Å². The molecular weight excluding hydrogens is 370 g/mol. The summed E-state index contributed by atoms with van der Waals surface area (Å²) < 4.78 is 7.33. The van der Waals surface area contributed by atoms with Crippen LogP contribution < -0.4 is 5.32 Å². The number of carbonyl (C=O) groups is 1. The third kappa shape index (κ3) is 3.30. The zero-order valence-electron chi connectivity index (χ0n) is 9.33. The number of rotatable bonds is 4. The van der Waals surface area contributed by atoms with Crippen LogP contribution in [0.1, 0.15) is 29.4 Å². The highest BCUT2D eigenvalue weighted by atomic mass is 79.9. The van der Waals surface area contributed by atoms with Crippen molar-refractivity contribution in [1.29, 1.82) is 0 Å². The van der Waals surface area contributed by atoms with E-state index in [4.69, 9.17) is 4.74 Å². The Morgan fingerprint density at radius 1 is 1.59 bits per heavy atom. The number of hydrogen-bond acceptors (Lipinski definition) is 3. The van der Waals surface area contributed by atoms with Crippen molar-refractivity contribution < 1.29 is 9.53 Å². The molecule has 0 radical (unpaired) electrons.